The van der Waals surface area contributed by atoms with Gasteiger partial charge in [0.1, 0.15) is 12.0 Å². The number of amides is 1. The molecular weight excluding hydrogens is 354 g/mol. The van der Waals surface area contributed by atoms with Gasteiger partial charge in [0.15, 0.2) is 0 Å². The standard InChI is InChI=1S/C21H19N5O2/c1-28-13-20(15-6-3-2-4-7-15)25-26-14-23-19(21(26)27)12-16-9-10-17-18(24-16)8-5-11-22-17/h2-12,14,20,25H,13H2,1H3/t20-/m0/s1. The molecule has 140 valence electrons. The Morgan fingerprint density at radius 3 is 2.79 bits per heavy atom. The highest BCUT2D eigenvalue weighted by molar-refractivity contribution is 6.07. The van der Waals surface area contributed by atoms with Crippen LogP contribution in [0.4, 0.5) is 0 Å². The summed E-state index contributed by atoms with van der Waals surface area (Å²) in [5.41, 5.74) is 6.73. The van der Waals surface area contributed by atoms with E-state index in [1.807, 2.05) is 54.6 Å². The molecule has 1 amide bonds. The van der Waals surface area contributed by atoms with Crippen molar-refractivity contribution in [2.45, 2.75) is 6.04 Å². The molecule has 4 rings (SSSR count). The molecule has 0 saturated carbocycles. The van der Waals surface area contributed by atoms with Gasteiger partial charge in [-0.15, -0.1) is 0 Å². The fraction of sp³-hybridized carbons (Fsp3) is 0.143. The van der Waals surface area contributed by atoms with Crippen LogP contribution in [0.2, 0.25) is 0 Å². The lowest BCUT2D eigenvalue weighted by atomic mass is 10.1. The van der Waals surface area contributed by atoms with Gasteiger partial charge >= 0.3 is 0 Å². The minimum atomic E-state index is -0.245. The van der Waals surface area contributed by atoms with E-state index in [0.29, 0.717) is 18.0 Å². The molecule has 7 heteroatoms. The molecule has 1 aromatic carbocycles. The van der Waals surface area contributed by atoms with Crippen molar-refractivity contribution in [2.75, 3.05) is 13.7 Å². The summed E-state index contributed by atoms with van der Waals surface area (Å²) in [4.78, 5) is 25.7. The number of pyridine rings is 2. The molecule has 0 bridgehead atoms. The highest BCUT2D eigenvalue weighted by Gasteiger charge is 2.25. The van der Waals surface area contributed by atoms with E-state index in [9.17, 15) is 4.79 Å². The molecule has 1 atom stereocenters. The number of nitrogens with one attached hydrogen (secondary N) is 1. The van der Waals surface area contributed by atoms with Crippen molar-refractivity contribution in [1.82, 2.24) is 20.4 Å². The lowest BCUT2D eigenvalue weighted by Gasteiger charge is -2.23. The summed E-state index contributed by atoms with van der Waals surface area (Å²) in [5.74, 6) is -0.245. The van der Waals surface area contributed by atoms with Gasteiger partial charge in [-0.3, -0.25) is 9.78 Å². The van der Waals surface area contributed by atoms with E-state index in [-0.39, 0.29) is 11.9 Å². The molecule has 28 heavy (non-hydrogen) atoms. The fourth-order valence-corrected chi connectivity index (χ4v) is 2.96. The number of rotatable bonds is 6. The summed E-state index contributed by atoms with van der Waals surface area (Å²) >= 11 is 0. The fourth-order valence-electron chi connectivity index (χ4n) is 2.96. The van der Waals surface area contributed by atoms with Gasteiger partial charge in [0.25, 0.3) is 5.91 Å². The number of benzene rings is 1. The normalized spacial score (nSPS) is 16.2. The maximum absolute atomic E-state index is 12.7. The number of hydrazine groups is 1. The van der Waals surface area contributed by atoms with E-state index in [4.69, 9.17) is 4.74 Å². The van der Waals surface area contributed by atoms with Gasteiger partial charge in [0, 0.05) is 13.3 Å². The van der Waals surface area contributed by atoms with Crippen LogP contribution >= 0.6 is 0 Å². The van der Waals surface area contributed by atoms with Gasteiger partial charge in [-0.25, -0.2) is 20.4 Å². The van der Waals surface area contributed by atoms with E-state index in [1.165, 1.54) is 11.3 Å². The summed E-state index contributed by atoms with van der Waals surface area (Å²) < 4.78 is 5.29. The van der Waals surface area contributed by atoms with Gasteiger partial charge in [0.2, 0.25) is 0 Å². The molecule has 1 N–H and O–H groups in total. The maximum atomic E-state index is 12.7. The molecule has 0 aliphatic carbocycles. The second kappa shape index (κ2) is 8.08. The number of methoxy groups -OCH3 is 1. The van der Waals surface area contributed by atoms with Crippen molar-refractivity contribution in [3.63, 3.8) is 0 Å². The largest absolute Gasteiger partial charge is 0.383 e. The molecule has 3 aromatic rings. The van der Waals surface area contributed by atoms with Crippen LogP contribution < -0.4 is 5.43 Å². The highest BCUT2D eigenvalue weighted by atomic mass is 16.5. The lowest BCUT2D eigenvalue weighted by molar-refractivity contribution is -0.125. The lowest BCUT2D eigenvalue weighted by Crippen LogP contribution is -2.42. The second-order valence-corrected chi connectivity index (χ2v) is 6.27. The summed E-state index contributed by atoms with van der Waals surface area (Å²) in [5, 5.41) is 1.38. The number of hydrogen-bond donors (Lipinski definition) is 1. The van der Waals surface area contributed by atoms with Gasteiger partial charge in [0.05, 0.1) is 29.4 Å². The van der Waals surface area contributed by atoms with E-state index >= 15 is 0 Å². The molecular formula is C21H19N5O2. The molecule has 0 saturated heterocycles. The van der Waals surface area contributed by atoms with Crippen LogP contribution in [0.5, 0.6) is 0 Å². The second-order valence-electron chi connectivity index (χ2n) is 6.27. The van der Waals surface area contributed by atoms with E-state index < -0.39 is 0 Å². The van der Waals surface area contributed by atoms with Crippen molar-refractivity contribution in [3.05, 3.63) is 77.7 Å². The number of hydrogen-bond acceptors (Lipinski definition) is 6. The summed E-state index contributed by atoms with van der Waals surface area (Å²) in [6.45, 7) is 0.417. The van der Waals surface area contributed by atoms with Crippen LogP contribution in [-0.2, 0) is 9.53 Å². The molecule has 1 aliphatic heterocycles. The number of fused-ring (bicyclic) bond motifs is 1. The number of nitrogens with zero attached hydrogens (tertiary/aromatic N) is 4. The molecule has 3 heterocycles. The van der Waals surface area contributed by atoms with Gasteiger partial charge in [-0.05, 0) is 35.9 Å². The Bertz CT molecular complexity index is 1050. The van der Waals surface area contributed by atoms with E-state index in [2.05, 4.69) is 20.4 Å². The molecule has 1 aliphatic rings. The minimum Gasteiger partial charge on any atom is -0.383 e. The molecule has 7 nitrogen and oxygen atoms in total. The summed E-state index contributed by atoms with van der Waals surface area (Å²) in [7, 11) is 1.63. The molecule has 0 radical (unpaired) electrons. The first-order valence-electron chi connectivity index (χ1n) is 8.86. The van der Waals surface area contributed by atoms with Crippen molar-refractivity contribution in [1.29, 1.82) is 0 Å². The SMILES string of the molecule is COC[C@H](NN1C=NC(=Cc2ccc3ncccc3n2)C1=O)c1ccccc1. The first kappa shape index (κ1) is 18.0. The van der Waals surface area contributed by atoms with Crippen LogP contribution in [0.25, 0.3) is 17.1 Å². The van der Waals surface area contributed by atoms with Crippen molar-refractivity contribution >= 4 is 29.4 Å². The zero-order chi connectivity index (χ0) is 19.3. The first-order valence-corrected chi connectivity index (χ1v) is 8.86. The Hall–Kier alpha value is -3.42. The monoisotopic (exact) mass is 373 g/mol. The highest BCUT2D eigenvalue weighted by Crippen LogP contribution is 2.18. The Morgan fingerprint density at radius 1 is 1.11 bits per heavy atom. The smallest absolute Gasteiger partial charge is 0.292 e. The topological polar surface area (TPSA) is 79.7 Å². The number of carbonyl (C=O) groups excluding carboxylic acids is 1. The third-order valence-electron chi connectivity index (χ3n) is 4.34. The van der Waals surface area contributed by atoms with Crippen LogP contribution in [0.1, 0.15) is 17.3 Å². The number of aromatic nitrogens is 2. The Labute approximate surface area is 162 Å². The van der Waals surface area contributed by atoms with Crippen LogP contribution in [0.15, 0.2) is 71.5 Å². The minimum absolute atomic E-state index is 0.175. The zero-order valence-corrected chi connectivity index (χ0v) is 15.3. The average Bonchev–Trinajstić information content (AvgIpc) is 3.07. The predicted molar refractivity (Wildman–Crippen MR) is 107 cm³/mol. The third kappa shape index (κ3) is 3.80. The molecule has 0 unspecified atom stereocenters. The van der Waals surface area contributed by atoms with Crippen LogP contribution in [-0.4, -0.2) is 40.9 Å². The Balaban J connectivity index is 1.52. The number of aliphatic imine (C=N–C) groups is 1. The molecule has 0 spiro atoms. The summed E-state index contributed by atoms with van der Waals surface area (Å²) in [6, 6.07) is 17.0. The summed E-state index contributed by atoms with van der Waals surface area (Å²) in [6.07, 6.45) is 4.86. The van der Waals surface area contributed by atoms with Crippen molar-refractivity contribution in [2.24, 2.45) is 4.99 Å². The maximum Gasteiger partial charge on any atom is 0.292 e. The Morgan fingerprint density at radius 2 is 1.96 bits per heavy atom. The van der Waals surface area contributed by atoms with Gasteiger partial charge < -0.3 is 4.74 Å². The number of carbonyl (C=O) groups is 1. The van der Waals surface area contributed by atoms with Crippen LogP contribution in [0.3, 0.4) is 0 Å². The van der Waals surface area contributed by atoms with Crippen molar-refractivity contribution < 1.29 is 9.53 Å². The van der Waals surface area contributed by atoms with E-state index in [1.54, 1.807) is 19.4 Å². The quantitative estimate of drug-likeness (QED) is 0.672. The predicted octanol–water partition coefficient (Wildman–Crippen LogP) is 2.73. The third-order valence-corrected chi connectivity index (χ3v) is 4.34. The van der Waals surface area contributed by atoms with Crippen molar-refractivity contribution in [3.8, 4) is 0 Å². The average molecular weight is 373 g/mol. The molecule has 2 aromatic heterocycles. The molecule has 0 fully saturated rings. The number of ether oxygens (including phenoxy) is 1. The van der Waals surface area contributed by atoms with E-state index in [0.717, 1.165) is 16.6 Å². The van der Waals surface area contributed by atoms with Gasteiger partial charge in [-0.1, -0.05) is 30.3 Å². The zero-order valence-electron chi connectivity index (χ0n) is 15.3. The first-order chi connectivity index (χ1) is 13.7. The van der Waals surface area contributed by atoms with Gasteiger partial charge in [-0.2, -0.15) is 0 Å². The Kier molecular flexibility index (Phi) is 5.18. The van der Waals surface area contributed by atoms with Crippen LogP contribution in [0, 0.1) is 0 Å².